The minimum atomic E-state index is -0.262. The molecule has 2 amide bonds. The van der Waals surface area contributed by atoms with Crippen LogP contribution in [0.2, 0.25) is 0 Å². The molecule has 0 aromatic heterocycles. The van der Waals surface area contributed by atoms with Gasteiger partial charge in [0.2, 0.25) is 5.91 Å². The van der Waals surface area contributed by atoms with Crippen LogP contribution in [0.5, 0.6) is 11.5 Å². The van der Waals surface area contributed by atoms with Crippen LogP contribution in [0.4, 0.5) is 0 Å². The Morgan fingerprint density at radius 3 is 2.46 bits per heavy atom. The van der Waals surface area contributed by atoms with Crippen molar-refractivity contribution in [2.45, 2.75) is 12.5 Å². The first kappa shape index (κ1) is 26.9. The van der Waals surface area contributed by atoms with Crippen molar-refractivity contribution < 1.29 is 28.5 Å². The van der Waals surface area contributed by atoms with E-state index in [4.69, 9.17) is 18.9 Å². The first-order chi connectivity index (χ1) is 18.1. The molecule has 2 aliphatic heterocycles. The molecule has 1 unspecified atom stereocenters. The summed E-state index contributed by atoms with van der Waals surface area (Å²) in [4.78, 5) is 32.6. The van der Waals surface area contributed by atoms with Gasteiger partial charge in [-0.1, -0.05) is 30.3 Å². The van der Waals surface area contributed by atoms with Crippen molar-refractivity contribution in [1.82, 2.24) is 14.7 Å². The Kier molecular flexibility index (Phi) is 9.76. The van der Waals surface area contributed by atoms with Crippen molar-refractivity contribution in [3.63, 3.8) is 0 Å². The van der Waals surface area contributed by atoms with Gasteiger partial charge in [0, 0.05) is 51.4 Å². The van der Waals surface area contributed by atoms with Crippen LogP contribution in [0.3, 0.4) is 0 Å². The standard InChI is InChI=1S/C28H37N3O6/c1-34-25-9-8-23(19-26(25)35-2)28(33)31-14-17-37-24(21-31)20-30(11-10-29-12-15-36-16-13-29)27(32)18-22-6-4-3-5-7-22/h3-9,19,24H,10-18,20-21H2,1-2H3. The molecule has 2 fully saturated rings. The topological polar surface area (TPSA) is 80.8 Å². The number of morpholine rings is 2. The van der Waals surface area contributed by atoms with Gasteiger partial charge in [-0.05, 0) is 23.8 Å². The van der Waals surface area contributed by atoms with E-state index in [1.165, 1.54) is 0 Å². The van der Waals surface area contributed by atoms with Crippen molar-refractivity contribution in [1.29, 1.82) is 0 Å². The molecule has 2 saturated heterocycles. The predicted molar refractivity (Wildman–Crippen MR) is 139 cm³/mol. The Morgan fingerprint density at radius 1 is 0.973 bits per heavy atom. The van der Waals surface area contributed by atoms with Crippen LogP contribution in [0.1, 0.15) is 15.9 Å². The van der Waals surface area contributed by atoms with Crippen LogP contribution in [0.15, 0.2) is 48.5 Å². The average Bonchev–Trinajstić information content (AvgIpc) is 2.95. The molecule has 4 rings (SSSR count). The van der Waals surface area contributed by atoms with E-state index in [-0.39, 0.29) is 17.9 Å². The van der Waals surface area contributed by atoms with Crippen LogP contribution in [0, 0.1) is 0 Å². The number of rotatable bonds is 10. The summed E-state index contributed by atoms with van der Waals surface area (Å²) < 4.78 is 22.1. The lowest BCUT2D eigenvalue weighted by Gasteiger charge is -2.37. The number of hydrogen-bond donors (Lipinski definition) is 0. The molecule has 200 valence electrons. The fourth-order valence-electron chi connectivity index (χ4n) is 4.70. The largest absolute Gasteiger partial charge is 0.493 e. The SMILES string of the molecule is COc1ccc(C(=O)N2CCOC(CN(CCN3CCOCC3)C(=O)Cc3ccccc3)C2)cc1OC. The van der Waals surface area contributed by atoms with Crippen LogP contribution in [-0.4, -0.2) is 112 Å². The molecule has 2 heterocycles. The second-order valence-electron chi connectivity index (χ2n) is 9.27. The van der Waals surface area contributed by atoms with Gasteiger partial charge >= 0.3 is 0 Å². The third-order valence-electron chi connectivity index (χ3n) is 6.82. The number of amides is 2. The van der Waals surface area contributed by atoms with Gasteiger partial charge < -0.3 is 28.7 Å². The summed E-state index contributed by atoms with van der Waals surface area (Å²) in [6.07, 6.45) is 0.0765. The fourth-order valence-corrected chi connectivity index (χ4v) is 4.70. The Morgan fingerprint density at radius 2 is 1.73 bits per heavy atom. The summed E-state index contributed by atoms with van der Waals surface area (Å²) in [7, 11) is 3.12. The average molecular weight is 512 g/mol. The van der Waals surface area contributed by atoms with Crippen molar-refractivity contribution in [3.8, 4) is 11.5 Å². The van der Waals surface area contributed by atoms with E-state index in [9.17, 15) is 9.59 Å². The van der Waals surface area contributed by atoms with Crippen LogP contribution >= 0.6 is 0 Å². The minimum Gasteiger partial charge on any atom is -0.493 e. The third-order valence-corrected chi connectivity index (χ3v) is 6.82. The molecule has 0 aliphatic carbocycles. The highest BCUT2D eigenvalue weighted by molar-refractivity contribution is 5.95. The van der Waals surface area contributed by atoms with Gasteiger partial charge in [-0.25, -0.2) is 0 Å². The molecule has 2 aromatic carbocycles. The summed E-state index contributed by atoms with van der Waals surface area (Å²) in [5.41, 5.74) is 1.52. The minimum absolute atomic E-state index is 0.0615. The van der Waals surface area contributed by atoms with Crippen LogP contribution in [0.25, 0.3) is 0 Å². The monoisotopic (exact) mass is 511 g/mol. The zero-order valence-electron chi connectivity index (χ0n) is 21.8. The molecule has 0 saturated carbocycles. The molecular formula is C28H37N3O6. The van der Waals surface area contributed by atoms with Crippen LogP contribution < -0.4 is 9.47 Å². The number of carbonyl (C=O) groups excluding carboxylic acids is 2. The molecule has 0 N–H and O–H groups in total. The van der Waals surface area contributed by atoms with Gasteiger partial charge in [-0.3, -0.25) is 14.5 Å². The lowest BCUT2D eigenvalue weighted by atomic mass is 10.1. The number of carbonyl (C=O) groups is 2. The third kappa shape index (κ3) is 7.44. The van der Waals surface area contributed by atoms with Gasteiger partial charge in [0.15, 0.2) is 11.5 Å². The first-order valence-electron chi connectivity index (χ1n) is 12.8. The molecule has 9 nitrogen and oxygen atoms in total. The van der Waals surface area contributed by atoms with Crippen LogP contribution in [-0.2, 0) is 20.7 Å². The highest BCUT2D eigenvalue weighted by Gasteiger charge is 2.29. The Hall–Kier alpha value is -3.14. The normalized spacial score (nSPS) is 18.3. The zero-order valence-corrected chi connectivity index (χ0v) is 21.8. The van der Waals surface area contributed by atoms with E-state index in [1.54, 1.807) is 37.3 Å². The molecular weight excluding hydrogens is 474 g/mol. The van der Waals surface area contributed by atoms with Crippen molar-refractivity contribution >= 4 is 11.8 Å². The van der Waals surface area contributed by atoms with Crippen molar-refractivity contribution in [3.05, 3.63) is 59.7 Å². The number of nitrogens with zero attached hydrogens (tertiary/aromatic N) is 3. The molecule has 0 bridgehead atoms. The summed E-state index contributed by atoms with van der Waals surface area (Å²) in [6.45, 7) is 6.34. The second-order valence-corrected chi connectivity index (χ2v) is 9.27. The molecule has 2 aliphatic rings. The van der Waals surface area contributed by atoms with Gasteiger partial charge in [0.25, 0.3) is 5.91 Å². The van der Waals surface area contributed by atoms with Gasteiger partial charge in [0.05, 0.1) is 46.6 Å². The van der Waals surface area contributed by atoms with Gasteiger partial charge in [0.1, 0.15) is 0 Å². The number of methoxy groups -OCH3 is 2. The van der Waals surface area contributed by atoms with Gasteiger partial charge in [-0.15, -0.1) is 0 Å². The summed E-state index contributed by atoms with van der Waals surface area (Å²) >= 11 is 0. The molecule has 2 aromatic rings. The summed E-state index contributed by atoms with van der Waals surface area (Å²) in [5, 5.41) is 0. The van der Waals surface area contributed by atoms with E-state index in [1.807, 2.05) is 35.2 Å². The maximum Gasteiger partial charge on any atom is 0.254 e. The molecule has 37 heavy (non-hydrogen) atoms. The smallest absolute Gasteiger partial charge is 0.254 e. The Labute approximate surface area is 218 Å². The number of ether oxygens (including phenoxy) is 4. The highest BCUT2D eigenvalue weighted by atomic mass is 16.5. The molecule has 0 spiro atoms. The molecule has 9 heteroatoms. The Bertz CT molecular complexity index is 1030. The van der Waals surface area contributed by atoms with Crippen molar-refractivity contribution in [2.24, 2.45) is 0 Å². The van der Waals surface area contributed by atoms with E-state index in [0.717, 1.165) is 38.4 Å². The van der Waals surface area contributed by atoms with E-state index < -0.39 is 0 Å². The lowest BCUT2D eigenvalue weighted by Crippen LogP contribution is -2.52. The highest BCUT2D eigenvalue weighted by Crippen LogP contribution is 2.28. The summed E-state index contributed by atoms with van der Waals surface area (Å²) in [5.74, 6) is 1.06. The van der Waals surface area contributed by atoms with E-state index >= 15 is 0 Å². The molecule has 1 atom stereocenters. The molecule has 0 radical (unpaired) electrons. The van der Waals surface area contributed by atoms with E-state index in [0.29, 0.717) is 56.3 Å². The lowest BCUT2D eigenvalue weighted by molar-refractivity contribution is -0.134. The van der Waals surface area contributed by atoms with Crippen molar-refractivity contribution in [2.75, 3.05) is 79.9 Å². The summed E-state index contributed by atoms with van der Waals surface area (Å²) in [6, 6.07) is 15.0. The second kappa shape index (κ2) is 13.4. The number of hydrogen-bond acceptors (Lipinski definition) is 7. The Balaban J connectivity index is 1.41. The fraction of sp³-hybridized carbons (Fsp3) is 0.500. The maximum absolute atomic E-state index is 13.3. The quantitative estimate of drug-likeness (QED) is 0.482. The maximum atomic E-state index is 13.3. The van der Waals surface area contributed by atoms with E-state index in [2.05, 4.69) is 4.90 Å². The zero-order chi connectivity index (χ0) is 26.0. The first-order valence-corrected chi connectivity index (χ1v) is 12.8. The number of benzene rings is 2. The predicted octanol–water partition coefficient (Wildman–Crippen LogP) is 1.95. The van der Waals surface area contributed by atoms with Gasteiger partial charge in [-0.2, -0.15) is 0 Å².